The van der Waals surface area contributed by atoms with Crippen molar-refractivity contribution < 1.29 is 19.4 Å². The zero-order chi connectivity index (χ0) is 19.4. The zero-order valence-corrected chi connectivity index (χ0v) is 15.3. The fourth-order valence-electron chi connectivity index (χ4n) is 3.21. The number of carboxylic acid groups (broad SMARTS) is 1. The summed E-state index contributed by atoms with van der Waals surface area (Å²) in [7, 11) is 0. The highest BCUT2D eigenvalue weighted by Crippen LogP contribution is 2.37. The Morgan fingerprint density at radius 2 is 2.00 bits per heavy atom. The lowest BCUT2D eigenvalue weighted by Gasteiger charge is -2.39. The number of hydrogen-bond acceptors (Lipinski definition) is 4. The van der Waals surface area contributed by atoms with E-state index >= 15 is 0 Å². The van der Waals surface area contributed by atoms with E-state index in [-0.39, 0.29) is 18.1 Å². The highest BCUT2D eigenvalue weighted by atomic mass is 16.5. The van der Waals surface area contributed by atoms with Crippen LogP contribution in [0.15, 0.2) is 48.5 Å². The largest absolute Gasteiger partial charge is 0.484 e. The van der Waals surface area contributed by atoms with Gasteiger partial charge in [0.05, 0.1) is 18.3 Å². The van der Waals surface area contributed by atoms with Crippen LogP contribution in [0, 0.1) is 0 Å². The number of nitrogens with one attached hydrogen (secondary N) is 2. The maximum absolute atomic E-state index is 11.4. The number of rotatable bonds is 5. The summed E-state index contributed by atoms with van der Waals surface area (Å²) < 4.78 is 6.09. The lowest BCUT2D eigenvalue weighted by molar-refractivity contribution is -0.120. The van der Waals surface area contributed by atoms with E-state index < -0.39 is 6.09 Å². The number of carbonyl (C=O) groups excluding carboxylic acids is 1. The van der Waals surface area contributed by atoms with Gasteiger partial charge in [-0.05, 0) is 30.7 Å². The summed E-state index contributed by atoms with van der Waals surface area (Å²) in [5, 5.41) is 14.2. The quantitative estimate of drug-likeness (QED) is 0.753. The SMILES string of the molecule is CC(=O)N[C@H](C)C1CN(Cc2ccccc2)c2cc(NC(=O)O)ccc2O1. The fraction of sp³-hybridized carbons (Fsp3) is 0.300. The van der Waals surface area contributed by atoms with Crippen LogP contribution in [-0.4, -0.2) is 35.8 Å². The van der Waals surface area contributed by atoms with E-state index in [0.717, 1.165) is 11.3 Å². The molecule has 3 rings (SSSR count). The molecule has 7 heteroatoms. The van der Waals surface area contributed by atoms with Gasteiger partial charge >= 0.3 is 6.09 Å². The van der Waals surface area contributed by atoms with E-state index in [9.17, 15) is 9.59 Å². The minimum atomic E-state index is -1.11. The lowest BCUT2D eigenvalue weighted by atomic mass is 10.1. The molecule has 27 heavy (non-hydrogen) atoms. The zero-order valence-electron chi connectivity index (χ0n) is 15.3. The van der Waals surface area contributed by atoms with Crippen LogP contribution in [0.2, 0.25) is 0 Å². The summed E-state index contributed by atoms with van der Waals surface area (Å²) >= 11 is 0. The molecule has 2 amide bonds. The maximum atomic E-state index is 11.4. The van der Waals surface area contributed by atoms with Gasteiger partial charge in [0.15, 0.2) is 0 Å². The van der Waals surface area contributed by atoms with Gasteiger partial charge in [-0.15, -0.1) is 0 Å². The third-order valence-corrected chi connectivity index (χ3v) is 4.43. The van der Waals surface area contributed by atoms with Crippen LogP contribution in [0.4, 0.5) is 16.2 Å². The molecular formula is C20H23N3O4. The van der Waals surface area contributed by atoms with Crippen molar-refractivity contribution in [3.63, 3.8) is 0 Å². The number of fused-ring (bicyclic) bond motifs is 1. The van der Waals surface area contributed by atoms with Crippen LogP contribution in [-0.2, 0) is 11.3 Å². The minimum absolute atomic E-state index is 0.104. The standard InChI is InChI=1S/C20H23N3O4/c1-13(21-14(2)24)19-12-23(11-15-6-4-3-5-7-15)17-10-16(22-20(25)26)8-9-18(17)27-19/h3-10,13,19,22H,11-12H2,1-2H3,(H,21,24)(H,25,26)/t13-,19?/m1/s1. The molecule has 0 radical (unpaired) electrons. The molecule has 1 aliphatic heterocycles. The van der Waals surface area contributed by atoms with E-state index in [1.54, 1.807) is 18.2 Å². The first-order valence-corrected chi connectivity index (χ1v) is 8.79. The average molecular weight is 369 g/mol. The number of nitrogens with zero attached hydrogens (tertiary/aromatic N) is 1. The van der Waals surface area contributed by atoms with Crippen molar-refractivity contribution in [3.05, 3.63) is 54.1 Å². The summed E-state index contributed by atoms with van der Waals surface area (Å²) in [5.41, 5.74) is 2.43. The molecule has 0 spiro atoms. The molecule has 1 aliphatic rings. The Kier molecular flexibility index (Phi) is 5.49. The summed E-state index contributed by atoms with van der Waals surface area (Å²) in [4.78, 5) is 24.5. The molecule has 2 aromatic rings. The first-order chi connectivity index (χ1) is 12.9. The minimum Gasteiger partial charge on any atom is -0.484 e. The van der Waals surface area contributed by atoms with Crippen molar-refractivity contribution in [2.45, 2.75) is 32.5 Å². The molecule has 7 nitrogen and oxygen atoms in total. The van der Waals surface area contributed by atoms with Gasteiger partial charge in [0.2, 0.25) is 5.91 Å². The normalized spacial score (nSPS) is 16.7. The van der Waals surface area contributed by atoms with Gasteiger partial charge in [-0.3, -0.25) is 10.1 Å². The summed E-state index contributed by atoms with van der Waals surface area (Å²) in [6.07, 6.45) is -1.33. The van der Waals surface area contributed by atoms with E-state index in [0.29, 0.717) is 24.5 Å². The van der Waals surface area contributed by atoms with Crippen molar-refractivity contribution in [2.24, 2.45) is 0 Å². The third kappa shape index (κ3) is 4.69. The Balaban J connectivity index is 1.90. The topological polar surface area (TPSA) is 90.9 Å². The van der Waals surface area contributed by atoms with E-state index in [2.05, 4.69) is 15.5 Å². The molecular weight excluding hydrogens is 346 g/mol. The Hall–Kier alpha value is -3.22. The second-order valence-electron chi connectivity index (χ2n) is 6.62. The van der Waals surface area contributed by atoms with Crippen molar-refractivity contribution in [3.8, 4) is 5.75 Å². The van der Waals surface area contributed by atoms with Crippen LogP contribution < -0.4 is 20.3 Å². The Labute approximate surface area is 157 Å². The Morgan fingerprint density at radius 3 is 2.67 bits per heavy atom. The van der Waals surface area contributed by atoms with Gasteiger partial charge in [-0.25, -0.2) is 4.79 Å². The first-order valence-electron chi connectivity index (χ1n) is 8.79. The van der Waals surface area contributed by atoms with E-state index in [1.807, 2.05) is 37.3 Å². The maximum Gasteiger partial charge on any atom is 0.409 e. The van der Waals surface area contributed by atoms with Crippen molar-refractivity contribution in [1.82, 2.24) is 5.32 Å². The van der Waals surface area contributed by atoms with E-state index in [4.69, 9.17) is 9.84 Å². The highest BCUT2D eigenvalue weighted by molar-refractivity contribution is 5.84. The average Bonchev–Trinajstić information content (AvgIpc) is 2.61. The van der Waals surface area contributed by atoms with Gasteiger partial charge in [0.1, 0.15) is 11.9 Å². The third-order valence-electron chi connectivity index (χ3n) is 4.43. The van der Waals surface area contributed by atoms with Gasteiger partial charge < -0.3 is 20.1 Å². The predicted molar refractivity (Wildman–Crippen MR) is 103 cm³/mol. The van der Waals surface area contributed by atoms with Crippen LogP contribution in [0.5, 0.6) is 5.75 Å². The smallest absolute Gasteiger partial charge is 0.409 e. The highest BCUT2D eigenvalue weighted by Gasteiger charge is 2.30. The molecule has 3 N–H and O–H groups in total. The number of carbonyl (C=O) groups is 2. The van der Waals surface area contributed by atoms with Crippen LogP contribution in [0.25, 0.3) is 0 Å². The van der Waals surface area contributed by atoms with Crippen LogP contribution in [0.3, 0.4) is 0 Å². The molecule has 0 aromatic heterocycles. The van der Waals surface area contributed by atoms with Gasteiger partial charge in [0, 0.05) is 19.2 Å². The van der Waals surface area contributed by atoms with Crippen molar-refractivity contribution in [1.29, 1.82) is 0 Å². The predicted octanol–water partition coefficient (Wildman–Crippen LogP) is 3.07. The van der Waals surface area contributed by atoms with Crippen molar-refractivity contribution in [2.75, 3.05) is 16.8 Å². The molecule has 0 fully saturated rings. The lowest BCUT2D eigenvalue weighted by Crippen LogP contribution is -2.51. The first kappa shape index (κ1) is 18.6. The molecule has 2 atom stereocenters. The van der Waals surface area contributed by atoms with E-state index in [1.165, 1.54) is 6.92 Å². The molecule has 0 aliphatic carbocycles. The molecule has 0 saturated heterocycles. The molecule has 1 heterocycles. The van der Waals surface area contributed by atoms with Gasteiger partial charge in [0.25, 0.3) is 0 Å². The number of ether oxygens (including phenoxy) is 1. The number of benzene rings is 2. The monoisotopic (exact) mass is 369 g/mol. The summed E-state index contributed by atoms with van der Waals surface area (Å²) in [5.74, 6) is 0.558. The van der Waals surface area contributed by atoms with Crippen LogP contribution in [0.1, 0.15) is 19.4 Å². The molecule has 1 unspecified atom stereocenters. The van der Waals surface area contributed by atoms with Gasteiger partial charge in [-0.2, -0.15) is 0 Å². The summed E-state index contributed by atoms with van der Waals surface area (Å²) in [6, 6.07) is 15.0. The van der Waals surface area contributed by atoms with Gasteiger partial charge in [-0.1, -0.05) is 30.3 Å². The molecule has 0 bridgehead atoms. The second kappa shape index (κ2) is 7.99. The van der Waals surface area contributed by atoms with Crippen molar-refractivity contribution >= 4 is 23.4 Å². The fourth-order valence-corrected chi connectivity index (χ4v) is 3.21. The number of amides is 2. The Morgan fingerprint density at radius 1 is 1.26 bits per heavy atom. The van der Waals surface area contributed by atoms with Crippen LogP contribution >= 0.6 is 0 Å². The molecule has 142 valence electrons. The molecule has 0 saturated carbocycles. The summed E-state index contributed by atoms with van der Waals surface area (Å²) in [6.45, 7) is 4.62. The number of hydrogen-bond donors (Lipinski definition) is 3. The molecule has 2 aromatic carbocycles. The number of anilines is 2. The second-order valence-corrected chi connectivity index (χ2v) is 6.62. The Bertz CT molecular complexity index is 825.